The van der Waals surface area contributed by atoms with Gasteiger partial charge in [-0.15, -0.1) is 5.11 Å². The van der Waals surface area contributed by atoms with E-state index in [9.17, 15) is 4.79 Å². The molecular formula is C10H10ClN3O2. The summed E-state index contributed by atoms with van der Waals surface area (Å²) in [4.78, 5) is 10.5. The number of benzene rings is 1. The first-order chi connectivity index (χ1) is 7.65. The smallest absolute Gasteiger partial charge is 0.336 e. The van der Waals surface area contributed by atoms with Crippen LogP contribution in [0.15, 0.2) is 44.8 Å². The van der Waals surface area contributed by atoms with Crippen LogP contribution in [0.2, 0.25) is 5.02 Å². The van der Waals surface area contributed by atoms with Gasteiger partial charge < -0.3 is 4.52 Å². The zero-order valence-corrected chi connectivity index (χ0v) is 9.28. The van der Waals surface area contributed by atoms with Crippen LogP contribution in [0.5, 0.6) is 0 Å². The molecule has 84 valence electrons. The van der Waals surface area contributed by atoms with Crippen LogP contribution < -0.4 is 5.63 Å². The van der Waals surface area contributed by atoms with Crippen LogP contribution in [0, 0.1) is 12.5 Å². The summed E-state index contributed by atoms with van der Waals surface area (Å²) >= 11 is 5.54. The van der Waals surface area contributed by atoms with E-state index in [1.807, 2.05) is 30.3 Å². The maximum atomic E-state index is 10.5. The van der Waals surface area contributed by atoms with Crippen molar-refractivity contribution >= 4 is 17.3 Å². The van der Waals surface area contributed by atoms with E-state index < -0.39 is 5.63 Å². The molecule has 1 aromatic heterocycles. The van der Waals surface area contributed by atoms with Gasteiger partial charge in [-0.25, -0.2) is 15.5 Å². The predicted octanol–water partition coefficient (Wildman–Crippen LogP) is 3.28. The van der Waals surface area contributed by atoms with Gasteiger partial charge in [0.2, 0.25) is 0 Å². The molecule has 2 N–H and O–H groups in total. The molecule has 0 radical (unpaired) electrons. The quantitative estimate of drug-likeness (QED) is 0.749. The van der Waals surface area contributed by atoms with Gasteiger partial charge in [0.15, 0.2) is 5.69 Å². The number of H-pyrrole nitrogens is 1. The van der Waals surface area contributed by atoms with Gasteiger partial charge in [-0.05, 0) is 19.1 Å². The van der Waals surface area contributed by atoms with Crippen molar-refractivity contribution in [2.24, 2.45) is 5.11 Å². The molecule has 5 nitrogen and oxygen atoms in total. The van der Waals surface area contributed by atoms with Gasteiger partial charge in [0.05, 0.1) is 5.69 Å². The first-order valence-electron chi connectivity index (χ1n) is 4.41. The topological polar surface area (TPSA) is 82.2 Å². The lowest BCUT2D eigenvalue weighted by Gasteiger charge is -1.80. The summed E-state index contributed by atoms with van der Waals surface area (Å²) in [6, 6.07) is 9.44. The van der Waals surface area contributed by atoms with Crippen molar-refractivity contribution in [2.75, 3.05) is 0 Å². The Hall–Kier alpha value is -1.88. The van der Waals surface area contributed by atoms with Crippen LogP contribution in [0.1, 0.15) is 5.69 Å². The fourth-order valence-corrected chi connectivity index (χ4v) is 1.06. The molecule has 0 aliphatic carbocycles. The van der Waals surface area contributed by atoms with E-state index in [0.717, 1.165) is 5.02 Å². The Morgan fingerprint density at radius 2 is 2.00 bits per heavy atom. The molecule has 2 rings (SSSR count). The van der Waals surface area contributed by atoms with Crippen LogP contribution in [0.3, 0.4) is 0 Å². The second kappa shape index (κ2) is 5.87. The minimum Gasteiger partial charge on any atom is -0.336 e. The van der Waals surface area contributed by atoms with Crippen molar-refractivity contribution in [3.63, 3.8) is 0 Å². The summed E-state index contributed by atoms with van der Waals surface area (Å²) in [6.07, 6.45) is 0. The molecule has 1 aromatic carbocycles. The van der Waals surface area contributed by atoms with Gasteiger partial charge in [-0.2, -0.15) is 0 Å². The van der Waals surface area contributed by atoms with Crippen LogP contribution in [0.4, 0.5) is 5.69 Å². The molecular weight excluding hydrogens is 230 g/mol. The molecule has 0 unspecified atom stereocenters. The highest BCUT2D eigenvalue weighted by Crippen LogP contribution is 2.07. The van der Waals surface area contributed by atoms with Crippen molar-refractivity contribution < 1.29 is 4.52 Å². The van der Waals surface area contributed by atoms with Crippen LogP contribution in [-0.2, 0) is 0 Å². The van der Waals surface area contributed by atoms with Gasteiger partial charge in [0, 0.05) is 5.02 Å². The average Bonchev–Trinajstić information content (AvgIpc) is 2.60. The minimum atomic E-state index is -0.595. The van der Waals surface area contributed by atoms with E-state index in [4.69, 9.17) is 17.1 Å². The number of nitrogens with zero attached hydrogens (tertiary/aromatic N) is 1. The van der Waals surface area contributed by atoms with E-state index in [1.165, 1.54) is 0 Å². The Bertz CT molecular complexity index is 504. The molecule has 0 fully saturated rings. The standard InChI is InChI=1S/C6H5Cl.C4H5N3O2/c7-6-4-2-1-3-5-6;1-2-3(6-5)4(8)9-7-2/h1-5H;5,7H,1H3. The highest BCUT2D eigenvalue weighted by molar-refractivity contribution is 6.30. The van der Waals surface area contributed by atoms with Gasteiger partial charge in [-0.3, -0.25) is 0 Å². The summed E-state index contributed by atoms with van der Waals surface area (Å²) in [6.45, 7) is 1.61. The van der Waals surface area contributed by atoms with Crippen LogP contribution in [-0.4, -0.2) is 5.16 Å². The van der Waals surface area contributed by atoms with E-state index in [2.05, 4.69) is 14.8 Å². The molecule has 0 amide bonds. The normalized spacial score (nSPS) is 9.12. The first-order valence-corrected chi connectivity index (χ1v) is 4.79. The maximum absolute atomic E-state index is 10.5. The lowest BCUT2D eigenvalue weighted by Crippen LogP contribution is -1.88. The molecule has 0 aliphatic rings. The third-order valence-electron chi connectivity index (χ3n) is 1.69. The van der Waals surface area contributed by atoms with Gasteiger partial charge in [0.1, 0.15) is 0 Å². The van der Waals surface area contributed by atoms with Gasteiger partial charge >= 0.3 is 5.63 Å². The summed E-state index contributed by atoms with van der Waals surface area (Å²) in [5.74, 6) is 0. The second-order valence-corrected chi connectivity index (χ2v) is 3.31. The van der Waals surface area contributed by atoms with Crippen molar-refractivity contribution in [3.8, 4) is 0 Å². The molecule has 2 aromatic rings. The molecule has 0 atom stereocenters. The molecule has 6 heteroatoms. The Morgan fingerprint density at radius 1 is 1.38 bits per heavy atom. The van der Waals surface area contributed by atoms with Crippen molar-refractivity contribution in [2.45, 2.75) is 6.92 Å². The van der Waals surface area contributed by atoms with Crippen LogP contribution in [0.25, 0.3) is 0 Å². The number of aromatic amines is 1. The lowest BCUT2D eigenvalue weighted by molar-refractivity contribution is 0.388. The zero-order valence-electron chi connectivity index (χ0n) is 8.53. The second-order valence-electron chi connectivity index (χ2n) is 2.87. The van der Waals surface area contributed by atoms with E-state index in [1.54, 1.807) is 6.92 Å². The highest BCUT2D eigenvalue weighted by atomic mass is 35.5. The number of hydrogen-bond acceptors (Lipinski definition) is 4. The van der Waals surface area contributed by atoms with E-state index in [-0.39, 0.29) is 5.69 Å². The van der Waals surface area contributed by atoms with E-state index >= 15 is 0 Å². The lowest BCUT2D eigenvalue weighted by atomic mass is 10.4. The molecule has 0 spiro atoms. The number of aromatic nitrogens is 1. The molecule has 1 heterocycles. The van der Waals surface area contributed by atoms with Crippen molar-refractivity contribution in [3.05, 3.63) is 51.5 Å². The number of hydrogen-bond donors (Lipinski definition) is 2. The number of nitrogens with one attached hydrogen (secondary N) is 2. The molecule has 16 heavy (non-hydrogen) atoms. The largest absolute Gasteiger partial charge is 0.384 e. The predicted molar refractivity (Wildman–Crippen MR) is 60.3 cm³/mol. The number of rotatable bonds is 1. The highest BCUT2D eigenvalue weighted by Gasteiger charge is 2.04. The van der Waals surface area contributed by atoms with Gasteiger partial charge in [0.25, 0.3) is 0 Å². The fraction of sp³-hybridized carbons (Fsp3) is 0.100. The van der Waals surface area contributed by atoms with Gasteiger partial charge in [-0.1, -0.05) is 29.8 Å². The Kier molecular flexibility index (Phi) is 4.47. The summed E-state index contributed by atoms with van der Waals surface area (Å²) < 4.78 is 4.29. The third-order valence-corrected chi connectivity index (χ3v) is 1.94. The van der Waals surface area contributed by atoms with Crippen molar-refractivity contribution in [1.82, 2.24) is 5.16 Å². The Labute approximate surface area is 96.5 Å². The average molecular weight is 240 g/mol. The SMILES string of the molecule is Cc1[nH]oc(=O)c1N=N.Clc1ccccc1. The maximum Gasteiger partial charge on any atom is 0.384 e. The number of halogens is 1. The molecule has 0 aliphatic heterocycles. The third kappa shape index (κ3) is 3.36. The fourth-order valence-electron chi connectivity index (χ4n) is 0.917. The minimum absolute atomic E-state index is 0.0370. The monoisotopic (exact) mass is 239 g/mol. The Balaban J connectivity index is 0.000000165. The van der Waals surface area contributed by atoms with Crippen LogP contribution >= 0.6 is 11.6 Å². The molecule has 0 saturated heterocycles. The van der Waals surface area contributed by atoms with Crippen molar-refractivity contribution in [1.29, 1.82) is 5.53 Å². The molecule has 0 bridgehead atoms. The summed E-state index contributed by atoms with van der Waals surface area (Å²) in [7, 11) is 0. The summed E-state index contributed by atoms with van der Waals surface area (Å²) in [5.41, 5.74) is 6.41. The number of aryl methyl sites for hydroxylation is 1. The first kappa shape index (κ1) is 12.2. The van der Waals surface area contributed by atoms with E-state index in [0.29, 0.717) is 5.69 Å². The molecule has 0 saturated carbocycles. The summed E-state index contributed by atoms with van der Waals surface area (Å²) in [5, 5.41) is 6.02. The zero-order chi connectivity index (χ0) is 12.0. The Morgan fingerprint density at radius 3 is 2.25 bits per heavy atom.